The Morgan fingerprint density at radius 1 is 1.11 bits per heavy atom. The van der Waals surface area contributed by atoms with Gasteiger partial charge in [-0.25, -0.2) is 8.42 Å². The topological polar surface area (TPSA) is 62.8 Å². The van der Waals surface area contributed by atoms with E-state index in [0.29, 0.717) is 5.69 Å². The van der Waals surface area contributed by atoms with Gasteiger partial charge in [-0.3, -0.25) is 5.10 Å². The van der Waals surface area contributed by atoms with E-state index >= 15 is 0 Å². The largest absolute Gasteiger partial charge is 0.267 e. The molecule has 0 radical (unpaired) electrons. The van der Waals surface area contributed by atoms with Crippen LogP contribution in [0.1, 0.15) is 20.8 Å². The van der Waals surface area contributed by atoms with E-state index < -0.39 is 14.6 Å². The average Bonchev–Trinajstić information content (AvgIpc) is 2.78. The van der Waals surface area contributed by atoms with Crippen LogP contribution >= 0.6 is 0 Å². The number of rotatable bonds is 2. The zero-order chi connectivity index (χ0) is 13.4. The molecule has 5 heteroatoms. The van der Waals surface area contributed by atoms with Crippen LogP contribution in [0.15, 0.2) is 41.4 Å². The molecule has 1 heterocycles. The molecule has 0 unspecified atom stereocenters. The molecule has 0 amide bonds. The first-order valence-corrected chi connectivity index (χ1v) is 7.16. The van der Waals surface area contributed by atoms with Crippen molar-refractivity contribution in [3.8, 4) is 11.3 Å². The van der Waals surface area contributed by atoms with Gasteiger partial charge in [0.15, 0.2) is 14.9 Å². The number of aromatic nitrogens is 2. The highest BCUT2D eigenvalue weighted by Crippen LogP contribution is 2.26. The van der Waals surface area contributed by atoms with Gasteiger partial charge in [0.05, 0.1) is 10.4 Å². The van der Waals surface area contributed by atoms with Gasteiger partial charge in [-0.05, 0) is 20.8 Å². The summed E-state index contributed by atoms with van der Waals surface area (Å²) < 4.78 is 23.6. The van der Waals surface area contributed by atoms with Gasteiger partial charge in [-0.2, -0.15) is 5.10 Å². The predicted molar refractivity (Wildman–Crippen MR) is 71.0 cm³/mol. The van der Waals surface area contributed by atoms with Gasteiger partial charge < -0.3 is 0 Å². The molecule has 0 saturated heterocycles. The zero-order valence-electron chi connectivity index (χ0n) is 10.6. The summed E-state index contributed by atoms with van der Waals surface area (Å²) in [6, 6.07) is 11.1. The molecular weight excluding hydrogens is 248 g/mol. The summed E-state index contributed by atoms with van der Waals surface area (Å²) in [7, 11) is -3.38. The third-order valence-corrected chi connectivity index (χ3v) is 5.12. The highest BCUT2D eigenvalue weighted by molar-refractivity contribution is 7.92. The molecule has 0 saturated carbocycles. The van der Waals surface area contributed by atoms with Crippen LogP contribution in [0.2, 0.25) is 0 Å². The van der Waals surface area contributed by atoms with Crippen molar-refractivity contribution >= 4 is 9.84 Å². The maximum absolute atomic E-state index is 12.2. The average molecular weight is 264 g/mol. The molecule has 0 aliphatic carbocycles. The van der Waals surface area contributed by atoms with Crippen molar-refractivity contribution in [2.24, 2.45) is 0 Å². The molecule has 2 aromatic rings. The van der Waals surface area contributed by atoms with Crippen LogP contribution in [0, 0.1) is 0 Å². The van der Waals surface area contributed by atoms with Crippen LogP contribution < -0.4 is 0 Å². The maximum Gasteiger partial charge on any atom is 0.199 e. The molecule has 0 fully saturated rings. The van der Waals surface area contributed by atoms with E-state index in [1.54, 1.807) is 26.8 Å². The SMILES string of the molecule is CC(C)(C)S(=O)(=O)c1cc(-c2ccccc2)n[nH]1. The van der Waals surface area contributed by atoms with Crippen molar-refractivity contribution < 1.29 is 8.42 Å². The van der Waals surface area contributed by atoms with Crippen molar-refractivity contribution in [3.63, 3.8) is 0 Å². The lowest BCUT2D eigenvalue weighted by Crippen LogP contribution is -2.28. The van der Waals surface area contributed by atoms with E-state index in [9.17, 15) is 8.42 Å². The summed E-state index contributed by atoms with van der Waals surface area (Å²) in [5, 5.41) is 6.84. The van der Waals surface area contributed by atoms with E-state index in [0.717, 1.165) is 5.56 Å². The van der Waals surface area contributed by atoms with Gasteiger partial charge in [-0.15, -0.1) is 0 Å². The second kappa shape index (κ2) is 4.24. The number of nitrogens with zero attached hydrogens (tertiary/aromatic N) is 1. The highest BCUT2D eigenvalue weighted by Gasteiger charge is 2.32. The van der Waals surface area contributed by atoms with Crippen LogP contribution in [0.4, 0.5) is 0 Å². The Labute approximate surface area is 107 Å². The second-order valence-electron chi connectivity index (χ2n) is 5.10. The fourth-order valence-corrected chi connectivity index (χ4v) is 2.62. The first-order chi connectivity index (χ1) is 8.32. The Hall–Kier alpha value is -1.62. The van der Waals surface area contributed by atoms with Crippen LogP contribution in [-0.2, 0) is 9.84 Å². The van der Waals surface area contributed by atoms with E-state index in [1.807, 2.05) is 30.3 Å². The molecule has 0 aliphatic heterocycles. The van der Waals surface area contributed by atoms with Crippen LogP contribution in [-0.4, -0.2) is 23.4 Å². The molecule has 0 atom stereocenters. The number of hydrogen-bond acceptors (Lipinski definition) is 3. The summed E-state index contributed by atoms with van der Waals surface area (Å²) >= 11 is 0. The van der Waals surface area contributed by atoms with Gasteiger partial charge in [0.1, 0.15) is 0 Å². The van der Waals surface area contributed by atoms with E-state index in [-0.39, 0.29) is 5.03 Å². The molecule has 1 N–H and O–H groups in total. The summed E-state index contributed by atoms with van der Waals surface area (Å²) in [5.41, 5.74) is 1.53. The van der Waals surface area contributed by atoms with Crippen molar-refractivity contribution in [1.82, 2.24) is 10.2 Å². The first-order valence-electron chi connectivity index (χ1n) is 5.68. The van der Waals surface area contributed by atoms with Gasteiger partial charge in [-0.1, -0.05) is 30.3 Å². The molecule has 96 valence electrons. The number of sulfone groups is 1. The fourth-order valence-electron chi connectivity index (χ4n) is 1.53. The van der Waals surface area contributed by atoms with Crippen LogP contribution in [0.5, 0.6) is 0 Å². The van der Waals surface area contributed by atoms with Crippen LogP contribution in [0.3, 0.4) is 0 Å². The highest BCUT2D eigenvalue weighted by atomic mass is 32.2. The molecule has 0 aliphatic rings. The molecule has 0 bridgehead atoms. The third kappa shape index (κ3) is 2.18. The Bertz CT molecular complexity index is 637. The number of hydrogen-bond donors (Lipinski definition) is 1. The smallest absolute Gasteiger partial charge is 0.199 e. The van der Waals surface area contributed by atoms with Crippen molar-refractivity contribution in [1.29, 1.82) is 0 Å². The van der Waals surface area contributed by atoms with Gasteiger partial charge >= 0.3 is 0 Å². The number of benzene rings is 1. The Morgan fingerprint density at radius 3 is 2.28 bits per heavy atom. The van der Waals surface area contributed by atoms with Crippen LogP contribution in [0.25, 0.3) is 11.3 Å². The Balaban J connectivity index is 2.45. The van der Waals surface area contributed by atoms with E-state index in [1.165, 1.54) is 0 Å². The second-order valence-corrected chi connectivity index (χ2v) is 7.77. The molecule has 18 heavy (non-hydrogen) atoms. The Kier molecular flexibility index (Phi) is 3.02. The lowest BCUT2D eigenvalue weighted by Gasteiger charge is -2.17. The molecule has 2 rings (SSSR count). The molecule has 0 spiro atoms. The number of nitrogens with one attached hydrogen (secondary N) is 1. The molecule has 4 nitrogen and oxygen atoms in total. The van der Waals surface area contributed by atoms with Gasteiger partial charge in [0.25, 0.3) is 0 Å². The van der Waals surface area contributed by atoms with Crippen molar-refractivity contribution in [2.75, 3.05) is 0 Å². The minimum absolute atomic E-state index is 0.161. The predicted octanol–water partition coefficient (Wildman–Crippen LogP) is 2.65. The summed E-state index contributed by atoms with van der Waals surface area (Å²) in [5.74, 6) is 0. The quantitative estimate of drug-likeness (QED) is 0.907. The summed E-state index contributed by atoms with van der Waals surface area (Å²) in [6.45, 7) is 5.02. The maximum atomic E-state index is 12.2. The normalized spacial score (nSPS) is 12.6. The minimum Gasteiger partial charge on any atom is -0.267 e. The third-order valence-electron chi connectivity index (χ3n) is 2.72. The Morgan fingerprint density at radius 2 is 1.72 bits per heavy atom. The lowest BCUT2D eigenvalue weighted by molar-refractivity contribution is 0.556. The van der Waals surface area contributed by atoms with Crippen molar-refractivity contribution in [3.05, 3.63) is 36.4 Å². The summed E-state index contributed by atoms with van der Waals surface area (Å²) in [4.78, 5) is 0. The van der Waals surface area contributed by atoms with Gasteiger partial charge in [0, 0.05) is 11.6 Å². The molecular formula is C13H16N2O2S. The lowest BCUT2D eigenvalue weighted by atomic mass is 10.2. The molecule has 1 aromatic heterocycles. The number of aromatic amines is 1. The fraction of sp³-hybridized carbons (Fsp3) is 0.308. The first kappa shape index (κ1) is 12.8. The zero-order valence-corrected chi connectivity index (χ0v) is 11.5. The monoisotopic (exact) mass is 264 g/mol. The van der Waals surface area contributed by atoms with E-state index in [4.69, 9.17) is 0 Å². The molecule has 1 aromatic carbocycles. The minimum atomic E-state index is -3.38. The standard InChI is InChI=1S/C13H16N2O2S/c1-13(2,3)18(16,17)12-9-11(14-15-12)10-7-5-4-6-8-10/h4-9H,1-3H3,(H,14,15). The van der Waals surface area contributed by atoms with Gasteiger partial charge in [0.2, 0.25) is 0 Å². The van der Waals surface area contributed by atoms with Crippen molar-refractivity contribution in [2.45, 2.75) is 30.5 Å². The van der Waals surface area contributed by atoms with E-state index in [2.05, 4.69) is 10.2 Å². The number of H-pyrrole nitrogens is 1. The summed E-state index contributed by atoms with van der Waals surface area (Å²) in [6.07, 6.45) is 0.